The molecular formula is C20H24N8O. The molecule has 1 amide bonds. The lowest BCUT2D eigenvalue weighted by Crippen LogP contribution is -2.58. The third-order valence-electron chi connectivity index (χ3n) is 5.81. The summed E-state index contributed by atoms with van der Waals surface area (Å²) in [5, 5.41) is 4.21. The van der Waals surface area contributed by atoms with E-state index in [9.17, 15) is 4.79 Å². The first-order valence-electron chi connectivity index (χ1n) is 10.1. The highest BCUT2D eigenvalue weighted by Gasteiger charge is 2.35. The molecule has 150 valence electrons. The van der Waals surface area contributed by atoms with E-state index in [0.29, 0.717) is 5.65 Å². The molecule has 9 heteroatoms. The molecule has 0 N–H and O–H groups in total. The van der Waals surface area contributed by atoms with Crippen molar-refractivity contribution in [2.24, 2.45) is 7.05 Å². The molecule has 2 aliphatic rings. The summed E-state index contributed by atoms with van der Waals surface area (Å²) in [7, 11) is 1.88. The van der Waals surface area contributed by atoms with Crippen LogP contribution in [0.5, 0.6) is 0 Å². The standard InChI is InChI=1S/C20H24N8O/c1-25-14-15(13-23-25)28-8-2-3-17(20(28)29)26-9-11-27(12-10-26)18-5-4-16-19(24-18)22-7-6-21-16/h4-7,13-14,17H,2-3,8-12H2,1H3/t17-/m1/s1. The number of piperidine rings is 1. The molecule has 3 aromatic rings. The van der Waals surface area contributed by atoms with Crippen molar-refractivity contribution < 1.29 is 4.79 Å². The number of fused-ring (bicyclic) bond motifs is 1. The highest BCUT2D eigenvalue weighted by molar-refractivity contribution is 5.97. The predicted octanol–water partition coefficient (Wildman–Crippen LogP) is 1.08. The summed E-state index contributed by atoms with van der Waals surface area (Å²) >= 11 is 0. The first-order chi connectivity index (χ1) is 14.2. The molecule has 5 rings (SSSR count). The second-order valence-corrected chi connectivity index (χ2v) is 7.61. The molecule has 0 spiro atoms. The van der Waals surface area contributed by atoms with Gasteiger partial charge in [0.25, 0.3) is 0 Å². The van der Waals surface area contributed by atoms with E-state index in [2.05, 4.69) is 29.9 Å². The molecule has 0 saturated carbocycles. The molecule has 0 aromatic carbocycles. The minimum absolute atomic E-state index is 0.0541. The van der Waals surface area contributed by atoms with Gasteiger partial charge < -0.3 is 9.80 Å². The predicted molar refractivity (Wildman–Crippen MR) is 110 cm³/mol. The Morgan fingerprint density at radius 2 is 1.86 bits per heavy atom. The number of hydrogen-bond donors (Lipinski definition) is 0. The van der Waals surface area contributed by atoms with Crippen molar-refractivity contribution in [1.29, 1.82) is 0 Å². The summed E-state index contributed by atoms with van der Waals surface area (Å²) in [4.78, 5) is 32.9. The number of hydrogen-bond acceptors (Lipinski definition) is 7. The van der Waals surface area contributed by atoms with E-state index in [-0.39, 0.29) is 11.9 Å². The smallest absolute Gasteiger partial charge is 0.244 e. The second-order valence-electron chi connectivity index (χ2n) is 7.61. The normalized spacial score (nSPS) is 21.1. The van der Waals surface area contributed by atoms with Crippen molar-refractivity contribution in [3.05, 3.63) is 36.9 Å². The Balaban J connectivity index is 1.26. The molecule has 0 radical (unpaired) electrons. The Bertz CT molecular complexity index is 1030. The van der Waals surface area contributed by atoms with Crippen molar-refractivity contribution >= 4 is 28.6 Å². The first-order valence-corrected chi connectivity index (χ1v) is 10.1. The lowest BCUT2D eigenvalue weighted by molar-refractivity contribution is -0.125. The monoisotopic (exact) mass is 392 g/mol. The second kappa shape index (κ2) is 7.40. The quantitative estimate of drug-likeness (QED) is 0.659. The fourth-order valence-electron chi connectivity index (χ4n) is 4.28. The van der Waals surface area contributed by atoms with Crippen LogP contribution in [-0.2, 0) is 11.8 Å². The van der Waals surface area contributed by atoms with Gasteiger partial charge in [-0.25, -0.2) is 9.97 Å². The van der Waals surface area contributed by atoms with Crippen LogP contribution in [0.2, 0.25) is 0 Å². The molecule has 2 saturated heterocycles. The maximum absolute atomic E-state index is 13.1. The minimum Gasteiger partial charge on any atom is -0.354 e. The SMILES string of the molecule is Cn1cc(N2CCC[C@@H](N3CCN(c4ccc5nccnc5n4)CC3)C2=O)cn1. The summed E-state index contributed by atoms with van der Waals surface area (Å²) in [5.41, 5.74) is 2.36. The molecule has 2 aliphatic heterocycles. The van der Waals surface area contributed by atoms with Crippen LogP contribution in [0, 0.1) is 0 Å². The van der Waals surface area contributed by atoms with Crippen molar-refractivity contribution in [2.75, 3.05) is 42.5 Å². The molecule has 5 heterocycles. The zero-order valence-corrected chi connectivity index (χ0v) is 16.5. The van der Waals surface area contributed by atoms with E-state index in [1.54, 1.807) is 23.3 Å². The van der Waals surface area contributed by atoms with Gasteiger partial charge in [0.05, 0.1) is 17.9 Å². The first kappa shape index (κ1) is 18.0. The molecule has 2 fully saturated rings. The lowest BCUT2D eigenvalue weighted by Gasteiger charge is -2.42. The molecule has 0 aliphatic carbocycles. The Morgan fingerprint density at radius 1 is 1.03 bits per heavy atom. The number of carbonyl (C=O) groups excluding carboxylic acids is 1. The maximum atomic E-state index is 13.1. The zero-order valence-electron chi connectivity index (χ0n) is 16.5. The topological polar surface area (TPSA) is 83.3 Å². The number of amides is 1. The van der Waals surface area contributed by atoms with Crippen LogP contribution in [-0.4, -0.2) is 74.3 Å². The Labute approximate surface area is 169 Å². The molecular weight excluding hydrogens is 368 g/mol. The molecule has 1 atom stereocenters. The Morgan fingerprint density at radius 3 is 2.66 bits per heavy atom. The minimum atomic E-state index is -0.0541. The van der Waals surface area contributed by atoms with Crippen LogP contribution in [0.15, 0.2) is 36.9 Å². The molecule has 0 bridgehead atoms. The number of pyridine rings is 1. The van der Waals surface area contributed by atoms with Crippen LogP contribution in [0.3, 0.4) is 0 Å². The number of anilines is 2. The highest BCUT2D eigenvalue weighted by Crippen LogP contribution is 2.25. The van der Waals surface area contributed by atoms with Gasteiger partial charge in [0.15, 0.2) is 5.65 Å². The van der Waals surface area contributed by atoms with Gasteiger partial charge in [0.2, 0.25) is 5.91 Å². The van der Waals surface area contributed by atoms with E-state index in [1.165, 1.54) is 0 Å². The van der Waals surface area contributed by atoms with Crippen LogP contribution < -0.4 is 9.80 Å². The number of piperazine rings is 1. The van der Waals surface area contributed by atoms with Crippen LogP contribution >= 0.6 is 0 Å². The summed E-state index contributed by atoms with van der Waals surface area (Å²) in [6.45, 7) is 4.14. The molecule has 0 unspecified atom stereocenters. The van der Waals surface area contributed by atoms with Crippen LogP contribution in [0.4, 0.5) is 11.5 Å². The van der Waals surface area contributed by atoms with Crippen LogP contribution in [0.1, 0.15) is 12.8 Å². The van der Waals surface area contributed by atoms with Crippen molar-refractivity contribution in [2.45, 2.75) is 18.9 Å². The highest BCUT2D eigenvalue weighted by atomic mass is 16.2. The van der Waals surface area contributed by atoms with Crippen LogP contribution in [0.25, 0.3) is 11.2 Å². The summed E-state index contributed by atoms with van der Waals surface area (Å²) in [6, 6.07) is 3.91. The Hall–Kier alpha value is -3.07. The van der Waals surface area contributed by atoms with Crippen molar-refractivity contribution in [3.8, 4) is 0 Å². The van der Waals surface area contributed by atoms with Gasteiger partial charge in [0.1, 0.15) is 11.3 Å². The van der Waals surface area contributed by atoms with E-state index in [0.717, 1.165) is 62.6 Å². The van der Waals surface area contributed by atoms with E-state index in [4.69, 9.17) is 0 Å². The van der Waals surface area contributed by atoms with E-state index in [1.807, 2.05) is 30.3 Å². The summed E-state index contributed by atoms with van der Waals surface area (Å²) in [6.07, 6.45) is 8.95. The number of aromatic nitrogens is 5. The van der Waals surface area contributed by atoms with Gasteiger partial charge in [0, 0.05) is 58.4 Å². The van der Waals surface area contributed by atoms with Gasteiger partial charge in [-0.15, -0.1) is 0 Å². The third kappa shape index (κ3) is 3.42. The molecule has 29 heavy (non-hydrogen) atoms. The fraction of sp³-hybridized carbons (Fsp3) is 0.450. The number of nitrogens with zero attached hydrogens (tertiary/aromatic N) is 8. The van der Waals surface area contributed by atoms with Crippen molar-refractivity contribution in [3.63, 3.8) is 0 Å². The van der Waals surface area contributed by atoms with Gasteiger partial charge >= 0.3 is 0 Å². The number of rotatable bonds is 3. The Kier molecular flexibility index (Phi) is 4.59. The maximum Gasteiger partial charge on any atom is 0.244 e. The fourth-order valence-corrected chi connectivity index (χ4v) is 4.28. The van der Waals surface area contributed by atoms with Crippen molar-refractivity contribution in [1.82, 2.24) is 29.6 Å². The van der Waals surface area contributed by atoms with Gasteiger partial charge in [-0.1, -0.05) is 0 Å². The number of aryl methyl sites for hydroxylation is 1. The average Bonchev–Trinajstić information content (AvgIpc) is 3.20. The summed E-state index contributed by atoms with van der Waals surface area (Å²) < 4.78 is 1.74. The molecule has 9 nitrogen and oxygen atoms in total. The largest absolute Gasteiger partial charge is 0.354 e. The molecule has 3 aromatic heterocycles. The number of carbonyl (C=O) groups is 1. The lowest BCUT2D eigenvalue weighted by atomic mass is 10.0. The van der Waals surface area contributed by atoms with Gasteiger partial charge in [-0.05, 0) is 25.0 Å². The summed E-state index contributed by atoms with van der Waals surface area (Å²) in [5.74, 6) is 1.11. The van der Waals surface area contributed by atoms with E-state index < -0.39 is 0 Å². The van der Waals surface area contributed by atoms with E-state index >= 15 is 0 Å². The van der Waals surface area contributed by atoms with Gasteiger partial charge in [-0.3, -0.25) is 19.4 Å². The average molecular weight is 392 g/mol. The third-order valence-corrected chi connectivity index (χ3v) is 5.81. The van der Waals surface area contributed by atoms with Gasteiger partial charge in [-0.2, -0.15) is 5.10 Å². The zero-order chi connectivity index (χ0) is 19.8.